The molecule has 2 N–H and O–H groups in total. The number of aromatic nitrogens is 1. The van der Waals surface area contributed by atoms with Crippen molar-refractivity contribution in [3.63, 3.8) is 0 Å². The van der Waals surface area contributed by atoms with Crippen molar-refractivity contribution in [1.82, 2.24) is 10.3 Å². The van der Waals surface area contributed by atoms with Crippen molar-refractivity contribution >= 4 is 0 Å². The molecular weight excluding hydrogens is 188 g/mol. The van der Waals surface area contributed by atoms with Gasteiger partial charge in [0.25, 0.3) is 0 Å². The number of aryl methyl sites for hydroxylation is 1. The Morgan fingerprint density at radius 2 is 2.13 bits per heavy atom. The highest BCUT2D eigenvalue weighted by atomic mass is 16.1. The molecule has 0 amide bonds. The molecule has 0 fully saturated rings. The van der Waals surface area contributed by atoms with E-state index in [1.54, 1.807) is 6.20 Å². The van der Waals surface area contributed by atoms with E-state index < -0.39 is 0 Å². The molecule has 3 heteroatoms. The number of nitrogens with one attached hydrogen (secondary N) is 2. The number of unbranched alkanes of at least 4 members (excludes halogenated alkanes) is 1. The fourth-order valence-corrected chi connectivity index (χ4v) is 1.50. The minimum absolute atomic E-state index is 0.154. The third-order valence-corrected chi connectivity index (χ3v) is 2.62. The Hall–Kier alpha value is -1.09. The van der Waals surface area contributed by atoms with Crippen molar-refractivity contribution in [2.45, 2.75) is 40.2 Å². The number of rotatable bonds is 5. The van der Waals surface area contributed by atoms with Crippen LogP contribution in [0.25, 0.3) is 0 Å². The van der Waals surface area contributed by atoms with E-state index in [4.69, 9.17) is 0 Å². The van der Waals surface area contributed by atoms with E-state index in [0.29, 0.717) is 0 Å². The van der Waals surface area contributed by atoms with E-state index in [1.807, 2.05) is 13.8 Å². The first-order chi connectivity index (χ1) is 7.16. The third-order valence-electron chi connectivity index (χ3n) is 2.62. The first-order valence-electron chi connectivity index (χ1n) is 5.55. The van der Waals surface area contributed by atoms with Crippen LogP contribution in [0.4, 0.5) is 0 Å². The van der Waals surface area contributed by atoms with Crippen LogP contribution >= 0.6 is 0 Å². The van der Waals surface area contributed by atoms with Crippen molar-refractivity contribution in [1.29, 1.82) is 0 Å². The molecule has 0 radical (unpaired) electrons. The molecule has 0 atom stereocenters. The van der Waals surface area contributed by atoms with Gasteiger partial charge in [0.2, 0.25) is 0 Å². The highest BCUT2D eigenvalue weighted by Crippen LogP contribution is 2.00. The Morgan fingerprint density at radius 3 is 2.80 bits per heavy atom. The number of hydrogen-bond donors (Lipinski definition) is 2. The highest BCUT2D eigenvalue weighted by Gasteiger charge is 2.03. The second-order valence-electron chi connectivity index (χ2n) is 3.93. The normalized spacial score (nSPS) is 10.6. The van der Waals surface area contributed by atoms with Crippen molar-refractivity contribution in [3.8, 4) is 0 Å². The maximum absolute atomic E-state index is 11.6. The molecule has 84 valence electrons. The molecule has 1 aromatic heterocycles. The van der Waals surface area contributed by atoms with Crippen LogP contribution in [0.1, 0.15) is 36.6 Å². The summed E-state index contributed by atoms with van der Waals surface area (Å²) in [6, 6.07) is 0. The second kappa shape index (κ2) is 5.71. The van der Waals surface area contributed by atoms with Gasteiger partial charge in [0.1, 0.15) is 0 Å². The van der Waals surface area contributed by atoms with Gasteiger partial charge in [0.15, 0.2) is 5.43 Å². The zero-order chi connectivity index (χ0) is 11.3. The lowest BCUT2D eigenvalue weighted by Gasteiger charge is -2.07. The van der Waals surface area contributed by atoms with Gasteiger partial charge in [-0.2, -0.15) is 0 Å². The topological polar surface area (TPSA) is 44.9 Å². The molecule has 3 nitrogen and oxygen atoms in total. The fraction of sp³-hybridized carbons (Fsp3) is 0.583. The van der Waals surface area contributed by atoms with Gasteiger partial charge in [-0.3, -0.25) is 4.79 Å². The maximum atomic E-state index is 11.6. The summed E-state index contributed by atoms with van der Waals surface area (Å²) in [5.41, 5.74) is 2.77. The summed E-state index contributed by atoms with van der Waals surface area (Å²) in [6.07, 6.45) is 4.15. The van der Waals surface area contributed by atoms with Crippen molar-refractivity contribution in [2.24, 2.45) is 0 Å². The zero-order valence-electron chi connectivity index (χ0n) is 9.81. The monoisotopic (exact) mass is 208 g/mol. The van der Waals surface area contributed by atoms with Gasteiger partial charge >= 0.3 is 0 Å². The van der Waals surface area contributed by atoms with Gasteiger partial charge in [-0.1, -0.05) is 13.3 Å². The predicted molar refractivity (Wildman–Crippen MR) is 63.2 cm³/mol. The summed E-state index contributed by atoms with van der Waals surface area (Å²) in [5.74, 6) is 0. The van der Waals surface area contributed by atoms with Crippen LogP contribution < -0.4 is 10.7 Å². The van der Waals surface area contributed by atoms with Crippen molar-refractivity contribution < 1.29 is 0 Å². The summed E-state index contributed by atoms with van der Waals surface area (Å²) >= 11 is 0. The summed E-state index contributed by atoms with van der Waals surface area (Å²) in [4.78, 5) is 14.8. The largest absolute Gasteiger partial charge is 0.363 e. The first kappa shape index (κ1) is 12.0. The van der Waals surface area contributed by atoms with Crippen LogP contribution in [0.2, 0.25) is 0 Å². The minimum Gasteiger partial charge on any atom is -0.363 e. The molecule has 0 unspecified atom stereocenters. The van der Waals surface area contributed by atoms with E-state index in [2.05, 4.69) is 17.2 Å². The van der Waals surface area contributed by atoms with E-state index in [9.17, 15) is 4.79 Å². The van der Waals surface area contributed by atoms with Crippen LogP contribution in [0.3, 0.4) is 0 Å². The van der Waals surface area contributed by atoms with Crippen LogP contribution in [0.15, 0.2) is 11.0 Å². The SMILES string of the molecule is CCCCNCc1[nH]cc(C)c(=O)c1C. The molecular formula is C12H20N2O. The fourth-order valence-electron chi connectivity index (χ4n) is 1.50. The number of H-pyrrole nitrogens is 1. The molecule has 15 heavy (non-hydrogen) atoms. The van der Waals surface area contributed by atoms with Crippen LogP contribution in [-0.2, 0) is 6.54 Å². The van der Waals surface area contributed by atoms with Crippen molar-refractivity contribution in [3.05, 3.63) is 33.2 Å². The average molecular weight is 208 g/mol. The number of pyridine rings is 1. The zero-order valence-corrected chi connectivity index (χ0v) is 9.81. The van der Waals surface area contributed by atoms with Gasteiger partial charge in [-0.05, 0) is 26.8 Å². The molecule has 0 saturated carbocycles. The quantitative estimate of drug-likeness (QED) is 0.726. The van der Waals surface area contributed by atoms with Gasteiger partial charge in [-0.15, -0.1) is 0 Å². The Bertz CT molecular complexity index is 368. The van der Waals surface area contributed by atoms with Gasteiger partial charge in [-0.25, -0.2) is 0 Å². The Balaban J connectivity index is 2.62. The Morgan fingerprint density at radius 1 is 1.40 bits per heavy atom. The van der Waals surface area contributed by atoms with E-state index in [0.717, 1.165) is 29.9 Å². The Labute approximate surface area is 90.9 Å². The molecule has 1 heterocycles. The lowest BCUT2D eigenvalue weighted by molar-refractivity contribution is 0.630. The summed E-state index contributed by atoms with van der Waals surface area (Å²) in [5, 5.41) is 3.32. The molecule has 1 aromatic rings. The van der Waals surface area contributed by atoms with Crippen LogP contribution in [0, 0.1) is 13.8 Å². The van der Waals surface area contributed by atoms with Crippen LogP contribution in [0.5, 0.6) is 0 Å². The summed E-state index contributed by atoms with van der Waals surface area (Å²) < 4.78 is 0. The van der Waals surface area contributed by atoms with E-state index >= 15 is 0 Å². The maximum Gasteiger partial charge on any atom is 0.187 e. The lowest BCUT2D eigenvalue weighted by atomic mass is 10.1. The summed E-state index contributed by atoms with van der Waals surface area (Å²) in [7, 11) is 0. The molecule has 0 saturated heterocycles. The minimum atomic E-state index is 0.154. The smallest absolute Gasteiger partial charge is 0.187 e. The number of hydrogen-bond acceptors (Lipinski definition) is 2. The Kier molecular flexibility index (Phi) is 4.56. The highest BCUT2D eigenvalue weighted by molar-refractivity contribution is 5.23. The third kappa shape index (κ3) is 3.20. The predicted octanol–water partition coefficient (Wildman–Crippen LogP) is 1.88. The molecule has 1 rings (SSSR count). The molecule has 0 spiro atoms. The molecule has 0 aliphatic carbocycles. The standard InChI is InChI=1S/C12H20N2O/c1-4-5-6-13-8-11-10(3)12(15)9(2)7-14-11/h7,13H,4-6,8H2,1-3H3,(H,14,15). The number of aromatic amines is 1. The summed E-state index contributed by atoms with van der Waals surface area (Å²) in [6.45, 7) is 7.64. The molecule has 0 bridgehead atoms. The van der Waals surface area contributed by atoms with Crippen molar-refractivity contribution in [2.75, 3.05) is 6.54 Å². The van der Waals surface area contributed by atoms with Crippen LogP contribution in [-0.4, -0.2) is 11.5 Å². The lowest BCUT2D eigenvalue weighted by Crippen LogP contribution is -2.20. The van der Waals surface area contributed by atoms with Gasteiger partial charge in [0.05, 0.1) is 0 Å². The second-order valence-corrected chi connectivity index (χ2v) is 3.93. The average Bonchev–Trinajstić information content (AvgIpc) is 2.24. The molecule has 0 aromatic carbocycles. The van der Waals surface area contributed by atoms with Gasteiger partial charge < -0.3 is 10.3 Å². The van der Waals surface area contributed by atoms with E-state index in [1.165, 1.54) is 12.8 Å². The molecule has 0 aliphatic rings. The van der Waals surface area contributed by atoms with E-state index in [-0.39, 0.29) is 5.43 Å². The molecule has 0 aliphatic heterocycles. The van der Waals surface area contributed by atoms with Gasteiger partial charge in [0, 0.05) is 29.6 Å². The first-order valence-corrected chi connectivity index (χ1v) is 5.55.